The predicted molar refractivity (Wildman–Crippen MR) is 134 cm³/mol. The predicted octanol–water partition coefficient (Wildman–Crippen LogP) is 3.41. The van der Waals surface area contributed by atoms with Crippen molar-refractivity contribution in [2.75, 3.05) is 22.2 Å². The Morgan fingerprint density at radius 3 is 2.38 bits per heavy atom. The largest absolute Gasteiger partial charge is 0.454 e. The van der Waals surface area contributed by atoms with Crippen molar-refractivity contribution in [3.05, 3.63) is 66.1 Å². The van der Waals surface area contributed by atoms with Crippen LogP contribution in [-0.4, -0.2) is 44.2 Å². The highest BCUT2D eigenvalue weighted by Gasteiger charge is 2.19. The van der Waals surface area contributed by atoms with E-state index in [1.807, 2.05) is 0 Å². The maximum Gasteiger partial charge on any atom is 0.298 e. The van der Waals surface area contributed by atoms with Gasteiger partial charge in [-0.1, -0.05) is 0 Å². The van der Waals surface area contributed by atoms with Crippen molar-refractivity contribution < 1.29 is 30.4 Å². The van der Waals surface area contributed by atoms with Gasteiger partial charge in [-0.15, -0.1) is 10.2 Å². The summed E-state index contributed by atoms with van der Waals surface area (Å²) in [7, 11) is -6.36. The molecule has 0 saturated heterocycles. The molecule has 2 heterocycles. The van der Waals surface area contributed by atoms with E-state index >= 15 is 0 Å². The van der Waals surface area contributed by atoms with Crippen LogP contribution in [0.1, 0.15) is 12.7 Å². The van der Waals surface area contributed by atoms with Gasteiger partial charge in [0.15, 0.2) is 17.2 Å². The first-order chi connectivity index (χ1) is 17.4. The lowest BCUT2D eigenvalue weighted by atomic mass is 10.0. The molecule has 0 fully saturated rings. The van der Waals surface area contributed by atoms with Gasteiger partial charge in [-0.05, 0) is 50.2 Å². The maximum absolute atomic E-state index is 14.4. The van der Waals surface area contributed by atoms with Crippen LogP contribution in [0.15, 0.2) is 48.7 Å². The summed E-state index contributed by atoms with van der Waals surface area (Å²) in [6, 6.07) is 8.52. The number of nitrogens with one attached hydrogen (secondary N) is 3. The number of nitrogens with zero attached hydrogens (tertiary/aromatic N) is 3. The lowest BCUT2D eigenvalue weighted by Gasteiger charge is -2.16. The van der Waals surface area contributed by atoms with Gasteiger partial charge in [0.25, 0.3) is 10.2 Å². The number of hydrogen-bond acceptors (Lipinski definition) is 7. The Morgan fingerprint density at radius 2 is 1.70 bits per heavy atom. The third kappa shape index (κ3) is 5.79. The van der Waals surface area contributed by atoms with Gasteiger partial charge in [-0.3, -0.25) is 13.8 Å². The van der Waals surface area contributed by atoms with E-state index in [1.165, 1.54) is 42.6 Å². The number of benzene rings is 2. The lowest BCUT2D eigenvalue weighted by Crippen LogP contribution is -2.26. The highest BCUT2D eigenvalue weighted by Crippen LogP contribution is 2.38. The molecule has 11 nitrogen and oxygen atoms in total. The summed E-state index contributed by atoms with van der Waals surface area (Å²) in [6.07, 6.45) is 1.59. The van der Waals surface area contributed by atoms with E-state index in [1.54, 1.807) is 13.1 Å². The number of pyridine rings is 1. The molecule has 0 atom stereocenters. The summed E-state index contributed by atoms with van der Waals surface area (Å²) < 4.78 is 90.8. The molecule has 4 aromatic rings. The molecule has 15 heteroatoms. The van der Waals surface area contributed by atoms with E-state index in [2.05, 4.69) is 24.4 Å². The molecule has 4 rings (SSSR count). The second-order valence-corrected chi connectivity index (χ2v) is 11.4. The smallest absolute Gasteiger partial charge is 0.298 e. The molecule has 0 aliphatic heterocycles. The van der Waals surface area contributed by atoms with E-state index in [0.29, 0.717) is 17.5 Å². The molecule has 196 valence electrons. The molecule has 0 spiro atoms. The van der Waals surface area contributed by atoms with Crippen LogP contribution in [0.3, 0.4) is 0 Å². The lowest BCUT2D eigenvalue weighted by molar-refractivity contribution is 0.439. The van der Waals surface area contributed by atoms with E-state index in [4.69, 9.17) is 4.74 Å². The Labute approximate surface area is 211 Å². The van der Waals surface area contributed by atoms with E-state index in [0.717, 1.165) is 12.1 Å². The number of aromatic nitrogens is 3. The van der Waals surface area contributed by atoms with Crippen LogP contribution in [0, 0.1) is 18.6 Å². The molecular formula is C22H22F2N6O5S2. The monoisotopic (exact) mass is 552 g/mol. The van der Waals surface area contributed by atoms with Gasteiger partial charge in [0, 0.05) is 36.1 Å². The zero-order chi connectivity index (χ0) is 27.0. The fourth-order valence-electron chi connectivity index (χ4n) is 3.36. The first-order valence-corrected chi connectivity index (χ1v) is 13.9. The van der Waals surface area contributed by atoms with E-state index in [-0.39, 0.29) is 39.8 Å². The topological polar surface area (TPSA) is 144 Å². The van der Waals surface area contributed by atoms with Gasteiger partial charge in [0.05, 0.1) is 11.4 Å². The minimum Gasteiger partial charge on any atom is -0.454 e. The van der Waals surface area contributed by atoms with Crippen molar-refractivity contribution in [3.63, 3.8) is 0 Å². The molecule has 0 amide bonds. The van der Waals surface area contributed by atoms with Gasteiger partial charge in [-0.25, -0.2) is 21.9 Å². The molecule has 2 aromatic carbocycles. The van der Waals surface area contributed by atoms with Crippen molar-refractivity contribution in [1.82, 2.24) is 19.3 Å². The Hall–Kier alpha value is -3.82. The summed E-state index contributed by atoms with van der Waals surface area (Å²) in [5, 5.41) is 7.99. The number of rotatable bonds is 9. The van der Waals surface area contributed by atoms with Crippen molar-refractivity contribution in [1.29, 1.82) is 0 Å². The Morgan fingerprint density at radius 1 is 0.973 bits per heavy atom. The number of sulfonamides is 1. The third-order valence-corrected chi connectivity index (χ3v) is 7.58. The van der Waals surface area contributed by atoms with E-state index in [9.17, 15) is 25.6 Å². The standard InChI is InChI=1S/C22H22F2N6O5S2/c1-4-36(31,32)28-16-6-8-20(35-21-7-5-15(23)10-18(21)24)17(11-16)14-9-19(29-37(33,34)25-3)22-27-26-13(2)30(22)12-14/h5-12,25,28-29H,4H2,1-3H3. The second-order valence-electron chi connectivity index (χ2n) is 7.79. The molecule has 0 unspecified atom stereocenters. The van der Waals surface area contributed by atoms with E-state index < -0.39 is 31.9 Å². The highest BCUT2D eigenvalue weighted by atomic mass is 32.2. The summed E-state index contributed by atoms with van der Waals surface area (Å²) in [6.45, 7) is 3.12. The van der Waals surface area contributed by atoms with Gasteiger partial charge in [0.2, 0.25) is 10.0 Å². The van der Waals surface area contributed by atoms with Crippen molar-refractivity contribution in [2.24, 2.45) is 0 Å². The third-order valence-electron chi connectivity index (χ3n) is 5.25. The number of anilines is 2. The molecule has 37 heavy (non-hydrogen) atoms. The van der Waals surface area contributed by atoms with Gasteiger partial charge in [-0.2, -0.15) is 8.42 Å². The molecular weight excluding hydrogens is 530 g/mol. The van der Waals surface area contributed by atoms with Crippen LogP contribution < -0.4 is 18.9 Å². The Balaban J connectivity index is 1.93. The summed E-state index contributed by atoms with van der Waals surface area (Å²) in [5.41, 5.74) is 1.06. The SMILES string of the molecule is CCS(=O)(=O)Nc1ccc(Oc2ccc(F)cc2F)c(-c2cc(NS(=O)(=O)NC)c3nnc(C)n3c2)c1. The van der Waals surface area contributed by atoms with Crippen molar-refractivity contribution in [2.45, 2.75) is 13.8 Å². The van der Waals surface area contributed by atoms with Crippen LogP contribution in [-0.2, 0) is 20.2 Å². The fourth-order valence-corrected chi connectivity index (χ4v) is 4.53. The Kier molecular flexibility index (Phi) is 7.03. The Bertz CT molecular complexity index is 1710. The van der Waals surface area contributed by atoms with Crippen LogP contribution in [0.5, 0.6) is 11.5 Å². The number of ether oxygens (including phenoxy) is 1. The molecule has 0 radical (unpaired) electrons. The van der Waals surface area contributed by atoms with Crippen LogP contribution >= 0.6 is 0 Å². The van der Waals surface area contributed by atoms with Crippen LogP contribution in [0.25, 0.3) is 16.8 Å². The van der Waals surface area contributed by atoms with Gasteiger partial charge >= 0.3 is 0 Å². The number of hydrogen-bond donors (Lipinski definition) is 3. The molecule has 0 aliphatic rings. The molecule has 3 N–H and O–H groups in total. The number of halogens is 2. The average molecular weight is 553 g/mol. The minimum atomic E-state index is -3.95. The number of fused-ring (bicyclic) bond motifs is 1. The molecule has 0 bridgehead atoms. The summed E-state index contributed by atoms with van der Waals surface area (Å²) >= 11 is 0. The average Bonchev–Trinajstić information content (AvgIpc) is 3.22. The summed E-state index contributed by atoms with van der Waals surface area (Å²) in [4.78, 5) is 0. The number of aryl methyl sites for hydroxylation is 1. The zero-order valence-corrected chi connectivity index (χ0v) is 21.4. The fraction of sp³-hybridized carbons (Fsp3) is 0.182. The highest BCUT2D eigenvalue weighted by molar-refractivity contribution is 7.92. The summed E-state index contributed by atoms with van der Waals surface area (Å²) in [5.74, 6) is -1.68. The maximum atomic E-state index is 14.4. The normalized spacial score (nSPS) is 12.0. The van der Waals surface area contributed by atoms with Gasteiger partial charge < -0.3 is 4.74 Å². The van der Waals surface area contributed by atoms with Crippen LogP contribution in [0.2, 0.25) is 0 Å². The van der Waals surface area contributed by atoms with Gasteiger partial charge in [0.1, 0.15) is 17.4 Å². The minimum absolute atomic E-state index is 0.0610. The first kappa shape index (κ1) is 26.2. The van der Waals surface area contributed by atoms with Crippen molar-refractivity contribution >= 4 is 37.3 Å². The molecule has 0 aliphatic carbocycles. The van der Waals surface area contributed by atoms with Crippen LogP contribution in [0.4, 0.5) is 20.2 Å². The quantitative estimate of drug-likeness (QED) is 0.289. The zero-order valence-electron chi connectivity index (χ0n) is 19.8. The molecule has 2 aromatic heterocycles. The second kappa shape index (κ2) is 9.91. The van der Waals surface area contributed by atoms with Crippen molar-refractivity contribution in [3.8, 4) is 22.6 Å². The first-order valence-electron chi connectivity index (χ1n) is 10.8. The molecule has 0 saturated carbocycles.